The maximum atomic E-state index is 11.1. The highest BCUT2D eigenvalue weighted by Crippen LogP contribution is 2.34. The molecule has 8 heteroatoms. The van der Waals surface area contributed by atoms with Gasteiger partial charge in [0.05, 0.1) is 19.2 Å². The Bertz CT molecular complexity index is 823. The lowest BCUT2D eigenvalue weighted by Crippen LogP contribution is -2.00. The van der Waals surface area contributed by atoms with Gasteiger partial charge in [0.25, 0.3) is 0 Å². The third-order valence-electron chi connectivity index (χ3n) is 2.78. The molecule has 0 amide bonds. The highest BCUT2D eigenvalue weighted by Gasteiger charge is 2.16. The van der Waals surface area contributed by atoms with Gasteiger partial charge in [-0.2, -0.15) is 0 Å². The molecule has 0 aliphatic rings. The number of halogens is 2. The van der Waals surface area contributed by atoms with Crippen molar-refractivity contribution in [3.63, 3.8) is 0 Å². The average Bonchev–Trinajstić information content (AvgIpc) is 2.94. The molecule has 3 aromatic rings. The predicted molar refractivity (Wildman–Crippen MR) is 80.7 cm³/mol. The molecule has 3 heterocycles. The summed E-state index contributed by atoms with van der Waals surface area (Å²) in [5, 5.41) is 17.5. The lowest BCUT2D eigenvalue weighted by molar-refractivity contribution is 0.0696. The van der Waals surface area contributed by atoms with Gasteiger partial charge < -0.3 is 5.11 Å². The predicted octanol–water partition coefficient (Wildman–Crippen LogP) is 3.88. The van der Waals surface area contributed by atoms with Gasteiger partial charge >= 0.3 is 5.97 Å². The minimum absolute atomic E-state index is 0.0934. The van der Waals surface area contributed by atoms with Crippen LogP contribution in [-0.2, 0) is 0 Å². The largest absolute Gasteiger partial charge is 0.478 e. The molecule has 0 fully saturated rings. The van der Waals surface area contributed by atoms with E-state index < -0.39 is 5.97 Å². The Balaban J connectivity index is 2.29. The second-order valence-electron chi connectivity index (χ2n) is 4.17. The molecular formula is C12H7BrClN3O2S. The minimum atomic E-state index is -1.04. The summed E-state index contributed by atoms with van der Waals surface area (Å²) in [7, 11) is 0. The van der Waals surface area contributed by atoms with Crippen LogP contribution < -0.4 is 0 Å². The van der Waals surface area contributed by atoms with Crippen LogP contribution in [0.25, 0.3) is 16.3 Å². The van der Waals surface area contributed by atoms with Crippen LogP contribution in [0, 0.1) is 6.92 Å². The SMILES string of the molecule is Cc1cc(-c2nnc3c(Cl)cc(C(=O)O)cn23)sc1Br. The molecule has 0 aliphatic carbocycles. The second-order valence-corrected chi connectivity index (χ2v) is 6.94. The van der Waals surface area contributed by atoms with E-state index in [2.05, 4.69) is 26.1 Å². The van der Waals surface area contributed by atoms with Gasteiger partial charge in [-0.25, -0.2) is 4.79 Å². The number of fused-ring (bicyclic) bond motifs is 1. The molecule has 0 radical (unpaired) electrons. The summed E-state index contributed by atoms with van der Waals surface area (Å²) >= 11 is 11.0. The molecule has 3 aromatic heterocycles. The van der Waals surface area contributed by atoms with Crippen molar-refractivity contribution in [1.82, 2.24) is 14.6 Å². The minimum Gasteiger partial charge on any atom is -0.478 e. The van der Waals surface area contributed by atoms with Crippen molar-refractivity contribution < 1.29 is 9.90 Å². The number of hydrogen-bond acceptors (Lipinski definition) is 4. The van der Waals surface area contributed by atoms with Crippen LogP contribution in [0.15, 0.2) is 22.1 Å². The molecule has 0 spiro atoms. The van der Waals surface area contributed by atoms with Crippen LogP contribution >= 0.6 is 38.9 Å². The van der Waals surface area contributed by atoms with Crippen LogP contribution in [-0.4, -0.2) is 25.7 Å². The van der Waals surface area contributed by atoms with E-state index >= 15 is 0 Å². The van der Waals surface area contributed by atoms with Crippen LogP contribution in [0.5, 0.6) is 0 Å². The summed E-state index contributed by atoms with van der Waals surface area (Å²) < 4.78 is 2.61. The van der Waals surface area contributed by atoms with Crippen LogP contribution in [0.2, 0.25) is 5.02 Å². The van der Waals surface area contributed by atoms with Crippen molar-refractivity contribution >= 4 is 50.5 Å². The smallest absolute Gasteiger partial charge is 0.337 e. The van der Waals surface area contributed by atoms with E-state index in [-0.39, 0.29) is 10.6 Å². The van der Waals surface area contributed by atoms with Crippen molar-refractivity contribution in [2.45, 2.75) is 6.92 Å². The number of carboxylic acid groups (broad SMARTS) is 1. The number of aromatic carboxylic acids is 1. The molecule has 0 bridgehead atoms. The van der Waals surface area contributed by atoms with Gasteiger partial charge in [0.1, 0.15) is 0 Å². The number of aryl methyl sites for hydroxylation is 1. The van der Waals surface area contributed by atoms with E-state index in [9.17, 15) is 4.79 Å². The highest BCUT2D eigenvalue weighted by molar-refractivity contribution is 9.11. The third-order valence-corrected chi connectivity index (χ3v) is 5.20. The molecule has 0 saturated heterocycles. The molecule has 0 atom stereocenters. The molecule has 1 N–H and O–H groups in total. The highest BCUT2D eigenvalue weighted by atomic mass is 79.9. The lowest BCUT2D eigenvalue weighted by Gasteiger charge is -2.01. The zero-order valence-electron chi connectivity index (χ0n) is 10.1. The Hall–Kier alpha value is -1.44. The molecule has 0 unspecified atom stereocenters. The Morgan fingerprint density at radius 3 is 2.80 bits per heavy atom. The van der Waals surface area contributed by atoms with E-state index in [1.807, 2.05) is 13.0 Å². The van der Waals surface area contributed by atoms with Crippen molar-refractivity contribution in [1.29, 1.82) is 0 Å². The fourth-order valence-electron chi connectivity index (χ4n) is 1.81. The molecule has 3 rings (SSSR count). The van der Waals surface area contributed by atoms with Gasteiger partial charge in [0.15, 0.2) is 11.5 Å². The zero-order chi connectivity index (χ0) is 14.4. The monoisotopic (exact) mass is 371 g/mol. The van der Waals surface area contributed by atoms with Gasteiger partial charge in [-0.05, 0) is 40.5 Å². The fourth-order valence-corrected chi connectivity index (χ4v) is 3.57. The van der Waals surface area contributed by atoms with Gasteiger partial charge in [-0.1, -0.05) is 11.6 Å². The third kappa shape index (κ3) is 2.11. The van der Waals surface area contributed by atoms with E-state index in [0.717, 1.165) is 14.2 Å². The van der Waals surface area contributed by atoms with Crippen LogP contribution in [0.1, 0.15) is 15.9 Å². The first-order valence-electron chi connectivity index (χ1n) is 5.51. The van der Waals surface area contributed by atoms with E-state index in [4.69, 9.17) is 16.7 Å². The lowest BCUT2D eigenvalue weighted by atomic mass is 10.3. The second kappa shape index (κ2) is 4.83. The summed E-state index contributed by atoms with van der Waals surface area (Å²) in [4.78, 5) is 12.0. The van der Waals surface area contributed by atoms with Gasteiger partial charge in [-0.3, -0.25) is 4.40 Å². The number of nitrogens with zero attached hydrogens (tertiary/aromatic N) is 3. The van der Waals surface area contributed by atoms with Crippen LogP contribution in [0.3, 0.4) is 0 Å². The van der Waals surface area contributed by atoms with Crippen molar-refractivity contribution in [2.75, 3.05) is 0 Å². The Morgan fingerprint density at radius 2 is 2.20 bits per heavy atom. The number of pyridine rings is 1. The van der Waals surface area contributed by atoms with E-state index in [1.54, 1.807) is 4.40 Å². The van der Waals surface area contributed by atoms with Gasteiger partial charge in [0.2, 0.25) is 0 Å². The summed E-state index contributed by atoms with van der Waals surface area (Å²) in [5.74, 6) is -0.471. The first-order chi connectivity index (χ1) is 9.47. The number of carbonyl (C=O) groups is 1. The van der Waals surface area contributed by atoms with Crippen LogP contribution in [0.4, 0.5) is 0 Å². The van der Waals surface area contributed by atoms with Crippen molar-refractivity contribution in [2.24, 2.45) is 0 Å². The zero-order valence-corrected chi connectivity index (χ0v) is 13.3. The molecular weight excluding hydrogens is 366 g/mol. The molecule has 102 valence electrons. The number of aromatic nitrogens is 3. The summed E-state index contributed by atoms with van der Waals surface area (Å²) in [6.07, 6.45) is 1.47. The number of carboxylic acids is 1. The molecule has 5 nitrogen and oxygen atoms in total. The normalized spacial score (nSPS) is 11.2. The standard InChI is InChI=1S/C12H7BrClN3O2S/c1-5-2-8(20-9(5)13)11-16-15-10-7(14)3-6(12(18)19)4-17(10)11/h2-4H,1H3,(H,18,19). The Morgan fingerprint density at radius 1 is 1.45 bits per heavy atom. The quantitative estimate of drug-likeness (QED) is 0.741. The topological polar surface area (TPSA) is 67.5 Å². The van der Waals surface area contributed by atoms with Gasteiger partial charge in [-0.15, -0.1) is 21.5 Å². The Kier molecular flexibility index (Phi) is 3.27. The summed E-state index contributed by atoms with van der Waals surface area (Å²) in [6, 6.07) is 3.33. The maximum Gasteiger partial charge on any atom is 0.337 e. The summed E-state index contributed by atoms with van der Waals surface area (Å²) in [6.45, 7) is 1.98. The summed E-state index contributed by atoms with van der Waals surface area (Å²) in [5.41, 5.74) is 1.62. The number of rotatable bonds is 2. The number of hydrogen-bond donors (Lipinski definition) is 1. The fraction of sp³-hybridized carbons (Fsp3) is 0.0833. The average molecular weight is 373 g/mol. The number of thiophene rings is 1. The molecule has 0 aliphatic heterocycles. The molecule has 0 saturated carbocycles. The first-order valence-corrected chi connectivity index (χ1v) is 7.50. The molecule has 20 heavy (non-hydrogen) atoms. The Labute approximate surface area is 131 Å². The van der Waals surface area contributed by atoms with E-state index in [1.165, 1.54) is 23.6 Å². The van der Waals surface area contributed by atoms with Crippen molar-refractivity contribution in [3.8, 4) is 10.7 Å². The van der Waals surface area contributed by atoms with Crippen molar-refractivity contribution in [3.05, 3.63) is 38.3 Å². The van der Waals surface area contributed by atoms with E-state index in [0.29, 0.717) is 11.5 Å². The first kappa shape index (κ1) is 13.5. The maximum absolute atomic E-state index is 11.1. The molecule has 0 aromatic carbocycles. The van der Waals surface area contributed by atoms with Gasteiger partial charge in [0, 0.05) is 6.20 Å².